The molecule has 1 aliphatic rings. The summed E-state index contributed by atoms with van der Waals surface area (Å²) in [6, 6.07) is 8.33. The zero-order valence-electron chi connectivity index (χ0n) is 14.4. The summed E-state index contributed by atoms with van der Waals surface area (Å²) in [5.41, 5.74) is -0.570. The van der Waals surface area contributed by atoms with Crippen molar-refractivity contribution in [3.05, 3.63) is 46.3 Å². The maximum absolute atomic E-state index is 12.3. The van der Waals surface area contributed by atoms with Crippen LogP contribution in [0.15, 0.2) is 39.5 Å². The van der Waals surface area contributed by atoms with Gasteiger partial charge in [0.25, 0.3) is 5.91 Å². The second kappa shape index (κ2) is 7.09. The summed E-state index contributed by atoms with van der Waals surface area (Å²) in [6.07, 6.45) is 1.09. The Bertz CT molecular complexity index is 846. The molecule has 0 bridgehead atoms. The first-order valence-corrected chi connectivity index (χ1v) is 8.42. The number of likely N-dealkylation sites (tertiary alicyclic amines) is 1. The van der Waals surface area contributed by atoms with Gasteiger partial charge in [0.05, 0.1) is 0 Å². The highest BCUT2D eigenvalue weighted by atomic mass is 16.5. The van der Waals surface area contributed by atoms with Gasteiger partial charge in [-0.2, -0.15) is 0 Å². The number of nitrogens with zero attached hydrogens (tertiary/aromatic N) is 1. The molecule has 1 aromatic carbocycles. The van der Waals surface area contributed by atoms with E-state index in [2.05, 4.69) is 13.8 Å². The molecule has 3 rings (SSSR count). The normalized spacial score (nSPS) is 20.5. The van der Waals surface area contributed by atoms with Crippen molar-refractivity contribution in [2.24, 2.45) is 11.8 Å². The zero-order valence-corrected chi connectivity index (χ0v) is 14.4. The quantitative estimate of drug-likeness (QED) is 0.632. The molecule has 1 amide bonds. The Kier molecular flexibility index (Phi) is 4.88. The van der Waals surface area contributed by atoms with Crippen LogP contribution >= 0.6 is 0 Å². The highest BCUT2D eigenvalue weighted by molar-refractivity contribution is 5.94. The standard InChI is InChI=1S/C19H21NO5/c1-12-7-13(2)10-20(9-12)17(21)11-24-18(22)15-8-14-5-3-4-6-16(14)25-19(15)23/h3-6,8,12-13H,7,9-11H2,1-2H3/t12-,13-/m0/s1. The lowest BCUT2D eigenvalue weighted by molar-refractivity contribution is -0.137. The molecule has 0 saturated carbocycles. The Balaban J connectivity index is 1.67. The third-order valence-electron chi connectivity index (χ3n) is 4.41. The molecule has 6 nitrogen and oxygen atoms in total. The third-order valence-corrected chi connectivity index (χ3v) is 4.41. The summed E-state index contributed by atoms with van der Waals surface area (Å²) in [5, 5.41) is 0.624. The molecular formula is C19H21NO5. The largest absolute Gasteiger partial charge is 0.452 e. The van der Waals surface area contributed by atoms with Crippen molar-refractivity contribution in [1.29, 1.82) is 0 Å². The van der Waals surface area contributed by atoms with Crippen molar-refractivity contribution in [3.8, 4) is 0 Å². The van der Waals surface area contributed by atoms with Gasteiger partial charge in [0.15, 0.2) is 6.61 Å². The Hall–Kier alpha value is -2.63. The van der Waals surface area contributed by atoms with Gasteiger partial charge in [-0.1, -0.05) is 32.0 Å². The number of para-hydroxylation sites is 1. The van der Waals surface area contributed by atoms with Crippen LogP contribution in [0.5, 0.6) is 0 Å². The fraction of sp³-hybridized carbons (Fsp3) is 0.421. The smallest absolute Gasteiger partial charge is 0.351 e. The van der Waals surface area contributed by atoms with Crippen LogP contribution in [0.1, 0.15) is 30.6 Å². The predicted octanol–water partition coefficient (Wildman–Crippen LogP) is 2.45. The predicted molar refractivity (Wildman–Crippen MR) is 92.3 cm³/mol. The number of piperidine rings is 1. The summed E-state index contributed by atoms with van der Waals surface area (Å²) < 4.78 is 10.2. The fourth-order valence-corrected chi connectivity index (χ4v) is 3.37. The van der Waals surface area contributed by atoms with Crippen molar-refractivity contribution < 1.29 is 18.7 Å². The van der Waals surface area contributed by atoms with Crippen LogP contribution in [0, 0.1) is 11.8 Å². The molecule has 2 atom stereocenters. The van der Waals surface area contributed by atoms with Gasteiger partial charge in [0, 0.05) is 18.5 Å². The topological polar surface area (TPSA) is 76.8 Å². The molecular weight excluding hydrogens is 322 g/mol. The van der Waals surface area contributed by atoms with E-state index >= 15 is 0 Å². The lowest BCUT2D eigenvalue weighted by Crippen LogP contribution is -2.44. The van der Waals surface area contributed by atoms with Crippen LogP contribution in [0.3, 0.4) is 0 Å². The summed E-state index contributed by atoms with van der Waals surface area (Å²) in [5.74, 6) is -0.227. The number of carbonyl (C=O) groups excluding carboxylic acids is 2. The highest BCUT2D eigenvalue weighted by Gasteiger charge is 2.26. The van der Waals surface area contributed by atoms with Crippen LogP contribution in [0.25, 0.3) is 11.0 Å². The summed E-state index contributed by atoms with van der Waals surface area (Å²) in [7, 11) is 0. The van der Waals surface area contributed by atoms with Gasteiger partial charge in [0.2, 0.25) is 0 Å². The molecule has 6 heteroatoms. The molecule has 25 heavy (non-hydrogen) atoms. The van der Waals surface area contributed by atoms with E-state index in [1.807, 2.05) is 0 Å². The van der Waals surface area contributed by atoms with Gasteiger partial charge in [-0.05, 0) is 30.4 Å². The minimum atomic E-state index is -0.842. The van der Waals surface area contributed by atoms with Crippen molar-refractivity contribution >= 4 is 22.8 Å². The number of rotatable bonds is 3. The average Bonchev–Trinajstić information content (AvgIpc) is 2.57. The van der Waals surface area contributed by atoms with Gasteiger partial charge in [-0.25, -0.2) is 9.59 Å². The van der Waals surface area contributed by atoms with Crippen LogP contribution in [-0.2, 0) is 9.53 Å². The molecule has 0 spiro atoms. The third kappa shape index (κ3) is 3.90. The van der Waals surface area contributed by atoms with Gasteiger partial charge in [-0.15, -0.1) is 0 Å². The number of ether oxygens (including phenoxy) is 1. The number of esters is 1. The van der Waals surface area contributed by atoms with E-state index in [1.54, 1.807) is 29.2 Å². The summed E-state index contributed by atoms with van der Waals surface area (Å²) in [4.78, 5) is 38.1. The lowest BCUT2D eigenvalue weighted by Gasteiger charge is -2.34. The van der Waals surface area contributed by atoms with Crippen molar-refractivity contribution in [2.45, 2.75) is 20.3 Å². The fourth-order valence-electron chi connectivity index (χ4n) is 3.37. The first kappa shape index (κ1) is 17.2. The number of hydrogen-bond acceptors (Lipinski definition) is 5. The minimum absolute atomic E-state index is 0.202. The number of benzene rings is 1. The lowest BCUT2D eigenvalue weighted by atomic mass is 9.92. The molecule has 132 valence electrons. The van der Waals surface area contributed by atoms with E-state index in [1.165, 1.54) is 6.07 Å². The molecule has 0 aliphatic carbocycles. The van der Waals surface area contributed by atoms with E-state index in [-0.39, 0.29) is 18.1 Å². The highest BCUT2D eigenvalue weighted by Crippen LogP contribution is 2.21. The average molecular weight is 343 g/mol. The van der Waals surface area contributed by atoms with Gasteiger partial charge in [-0.3, -0.25) is 4.79 Å². The molecule has 1 fully saturated rings. The number of fused-ring (bicyclic) bond motifs is 1. The van der Waals surface area contributed by atoms with Crippen molar-refractivity contribution in [1.82, 2.24) is 4.90 Å². The second-order valence-electron chi connectivity index (χ2n) is 6.81. The molecule has 1 saturated heterocycles. The van der Waals surface area contributed by atoms with E-state index < -0.39 is 11.6 Å². The van der Waals surface area contributed by atoms with E-state index in [0.29, 0.717) is 35.9 Å². The van der Waals surface area contributed by atoms with E-state index in [9.17, 15) is 14.4 Å². The Morgan fingerprint density at radius 2 is 1.88 bits per heavy atom. The molecule has 0 N–H and O–H groups in total. The zero-order chi connectivity index (χ0) is 18.0. The van der Waals surface area contributed by atoms with Crippen molar-refractivity contribution in [2.75, 3.05) is 19.7 Å². The Morgan fingerprint density at radius 1 is 1.20 bits per heavy atom. The summed E-state index contributed by atoms with van der Waals surface area (Å²) in [6.45, 7) is 5.16. The van der Waals surface area contributed by atoms with E-state index in [0.717, 1.165) is 6.42 Å². The maximum atomic E-state index is 12.3. The SMILES string of the molecule is C[C@H]1C[C@H](C)CN(C(=O)COC(=O)c2cc3ccccc3oc2=O)C1. The molecule has 1 aliphatic heterocycles. The van der Waals surface area contributed by atoms with E-state index in [4.69, 9.17) is 9.15 Å². The number of hydrogen-bond donors (Lipinski definition) is 0. The first-order valence-electron chi connectivity index (χ1n) is 8.42. The summed E-state index contributed by atoms with van der Waals surface area (Å²) >= 11 is 0. The molecule has 1 aromatic heterocycles. The Labute approximate surface area is 145 Å². The molecule has 2 heterocycles. The molecule has 0 unspecified atom stereocenters. The van der Waals surface area contributed by atoms with Gasteiger partial charge >= 0.3 is 11.6 Å². The van der Waals surface area contributed by atoms with Gasteiger partial charge < -0.3 is 14.1 Å². The van der Waals surface area contributed by atoms with Crippen LogP contribution in [0.2, 0.25) is 0 Å². The minimum Gasteiger partial charge on any atom is -0.452 e. The van der Waals surface area contributed by atoms with Crippen LogP contribution < -0.4 is 5.63 Å². The van der Waals surface area contributed by atoms with Crippen molar-refractivity contribution in [3.63, 3.8) is 0 Å². The molecule has 2 aromatic rings. The number of amides is 1. The van der Waals surface area contributed by atoms with Crippen LogP contribution in [-0.4, -0.2) is 36.5 Å². The van der Waals surface area contributed by atoms with Crippen LogP contribution in [0.4, 0.5) is 0 Å². The van der Waals surface area contributed by atoms with Gasteiger partial charge in [0.1, 0.15) is 11.1 Å². The number of carbonyl (C=O) groups is 2. The maximum Gasteiger partial charge on any atom is 0.351 e. The monoisotopic (exact) mass is 343 g/mol. The first-order chi connectivity index (χ1) is 11.9. The Morgan fingerprint density at radius 3 is 2.60 bits per heavy atom. The molecule has 0 radical (unpaired) electrons. The second-order valence-corrected chi connectivity index (χ2v) is 6.81.